The minimum Gasteiger partial charge on any atom is -0.508 e. The van der Waals surface area contributed by atoms with Gasteiger partial charge in [0.1, 0.15) is 5.75 Å². The Hall–Kier alpha value is -2.33. The molecule has 150 valence electrons. The van der Waals surface area contributed by atoms with Gasteiger partial charge in [-0.3, -0.25) is 4.79 Å². The fourth-order valence-corrected chi connectivity index (χ4v) is 4.21. The van der Waals surface area contributed by atoms with Crippen LogP contribution in [0.25, 0.3) is 0 Å². The number of phenolic OH excluding ortho intramolecular Hbond substituents is 1. The number of carbonyl (C=O) groups is 1. The third-order valence-corrected chi connectivity index (χ3v) is 5.78. The number of nitrogens with zero attached hydrogens (tertiary/aromatic N) is 1. The van der Waals surface area contributed by atoms with Crippen LogP contribution in [0.1, 0.15) is 66.1 Å². The zero-order chi connectivity index (χ0) is 19.9. The number of nitrogens with one attached hydrogen (secondary N) is 1. The molecule has 1 aliphatic rings. The average Bonchev–Trinajstić information content (AvgIpc) is 2.72. The second-order valence-electron chi connectivity index (χ2n) is 7.50. The summed E-state index contributed by atoms with van der Waals surface area (Å²) in [6.45, 7) is 7.33. The zero-order valence-electron chi connectivity index (χ0n) is 17.1. The first-order valence-electron chi connectivity index (χ1n) is 10.6. The van der Waals surface area contributed by atoms with Gasteiger partial charge in [0.05, 0.1) is 0 Å². The Labute approximate surface area is 168 Å². The molecule has 0 fully saturated rings. The van der Waals surface area contributed by atoms with E-state index in [2.05, 4.69) is 29.6 Å². The molecule has 28 heavy (non-hydrogen) atoms. The normalized spacial score (nSPS) is 17.6. The third-order valence-electron chi connectivity index (χ3n) is 5.78. The van der Waals surface area contributed by atoms with Crippen molar-refractivity contribution in [2.24, 2.45) is 0 Å². The first kappa shape index (κ1) is 20.4. The van der Waals surface area contributed by atoms with Crippen molar-refractivity contribution in [3.63, 3.8) is 0 Å². The largest absolute Gasteiger partial charge is 0.508 e. The predicted octanol–water partition coefficient (Wildman–Crippen LogP) is 4.32. The zero-order valence-corrected chi connectivity index (χ0v) is 17.1. The van der Waals surface area contributed by atoms with Gasteiger partial charge in [-0.05, 0) is 75.9 Å². The lowest BCUT2D eigenvalue weighted by Gasteiger charge is -2.24. The molecule has 0 saturated heterocycles. The predicted molar refractivity (Wildman–Crippen MR) is 114 cm³/mol. The minimum atomic E-state index is -0.0256. The molecule has 2 aromatic rings. The van der Waals surface area contributed by atoms with E-state index in [1.165, 1.54) is 11.1 Å². The summed E-state index contributed by atoms with van der Waals surface area (Å²) in [5.74, 6) is 0.346. The summed E-state index contributed by atoms with van der Waals surface area (Å²) in [7, 11) is 0. The van der Waals surface area contributed by atoms with Crippen LogP contribution in [0.3, 0.4) is 0 Å². The molecule has 4 nitrogen and oxygen atoms in total. The number of rotatable bonds is 4. The first-order valence-corrected chi connectivity index (χ1v) is 10.6. The highest BCUT2D eigenvalue weighted by molar-refractivity contribution is 5.94. The number of aryl methyl sites for hydroxylation is 1. The Kier molecular flexibility index (Phi) is 7.10. The van der Waals surface area contributed by atoms with Crippen molar-refractivity contribution in [3.8, 4) is 5.75 Å². The standard InChI is InChI=1S/C24H32N2O2/c1-3-26(4-2)24(28)19-13-14-22(23(27)17-19)21-12-8-16-25-15-7-10-18-9-5-6-11-20(18)21/h5-6,9,11,13-14,17,21,25,27H,3-4,7-8,10,12,15-16H2,1-2H3. The van der Waals surface area contributed by atoms with E-state index in [0.29, 0.717) is 18.7 Å². The van der Waals surface area contributed by atoms with Gasteiger partial charge in [0.25, 0.3) is 5.91 Å². The smallest absolute Gasteiger partial charge is 0.253 e. The Morgan fingerprint density at radius 2 is 1.82 bits per heavy atom. The fourth-order valence-electron chi connectivity index (χ4n) is 4.21. The molecule has 0 spiro atoms. The topological polar surface area (TPSA) is 52.6 Å². The summed E-state index contributed by atoms with van der Waals surface area (Å²) in [5, 5.41) is 14.4. The van der Waals surface area contributed by atoms with E-state index in [-0.39, 0.29) is 17.6 Å². The maximum Gasteiger partial charge on any atom is 0.253 e. The number of benzene rings is 2. The van der Waals surface area contributed by atoms with E-state index in [0.717, 1.165) is 44.3 Å². The lowest BCUT2D eigenvalue weighted by atomic mass is 9.82. The van der Waals surface area contributed by atoms with Crippen LogP contribution in [0.5, 0.6) is 5.75 Å². The van der Waals surface area contributed by atoms with E-state index >= 15 is 0 Å². The molecule has 0 saturated carbocycles. The van der Waals surface area contributed by atoms with Crippen LogP contribution in [0.15, 0.2) is 42.5 Å². The fraction of sp³-hybridized carbons (Fsp3) is 0.458. The van der Waals surface area contributed by atoms with Gasteiger partial charge in [0.15, 0.2) is 0 Å². The molecule has 1 unspecified atom stereocenters. The third kappa shape index (κ3) is 4.56. The van der Waals surface area contributed by atoms with E-state index in [1.807, 2.05) is 26.0 Å². The highest BCUT2D eigenvalue weighted by Gasteiger charge is 2.22. The molecule has 2 N–H and O–H groups in total. The van der Waals surface area contributed by atoms with Gasteiger partial charge in [-0.2, -0.15) is 0 Å². The lowest BCUT2D eigenvalue weighted by molar-refractivity contribution is 0.0772. The molecule has 3 rings (SSSR count). The number of aromatic hydroxyl groups is 1. The molecule has 1 amide bonds. The number of hydrogen-bond donors (Lipinski definition) is 2. The quantitative estimate of drug-likeness (QED) is 0.830. The Balaban J connectivity index is 1.96. The van der Waals surface area contributed by atoms with E-state index in [9.17, 15) is 9.90 Å². The van der Waals surface area contributed by atoms with E-state index < -0.39 is 0 Å². The number of hydrogen-bond acceptors (Lipinski definition) is 3. The Bertz CT molecular complexity index is 799. The van der Waals surface area contributed by atoms with Crippen LogP contribution >= 0.6 is 0 Å². The second-order valence-corrected chi connectivity index (χ2v) is 7.50. The molecular formula is C24H32N2O2. The average molecular weight is 381 g/mol. The van der Waals surface area contributed by atoms with Crippen molar-refractivity contribution in [1.29, 1.82) is 0 Å². The maximum absolute atomic E-state index is 12.6. The number of carbonyl (C=O) groups excluding carboxylic acids is 1. The SMILES string of the molecule is CCN(CC)C(=O)c1ccc(C2CCCNCCCc3ccccc32)c(O)c1. The number of amides is 1. The van der Waals surface area contributed by atoms with Gasteiger partial charge >= 0.3 is 0 Å². The molecule has 1 aliphatic heterocycles. The molecule has 0 radical (unpaired) electrons. The highest BCUT2D eigenvalue weighted by atomic mass is 16.3. The van der Waals surface area contributed by atoms with Crippen LogP contribution in [0, 0.1) is 0 Å². The second kappa shape index (κ2) is 9.74. The van der Waals surface area contributed by atoms with Crippen molar-refractivity contribution in [2.45, 2.75) is 45.4 Å². The lowest BCUT2D eigenvalue weighted by Crippen LogP contribution is -2.30. The maximum atomic E-state index is 12.6. The van der Waals surface area contributed by atoms with Crippen molar-refractivity contribution in [1.82, 2.24) is 10.2 Å². The van der Waals surface area contributed by atoms with Gasteiger partial charge < -0.3 is 15.3 Å². The molecule has 1 atom stereocenters. The number of phenols is 1. The van der Waals surface area contributed by atoms with Gasteiger partial charge in [-0.25, -0.2) is 0 Å². The van der Waals surface area contributed by atoms with Crippen LogP contribution in [-0.2, 0) is 6.42 Å². The molecular weight excluding hydrogens is 348 g/mol. The summed E-state index contributed by atoms with van der Waals surface area (Å²) in [4.78, 5) is 14.4. The van der Waals surface area contributed by atoms with Gasteiger partial charge in [0, 0.05) is 30.1 Å². The monoisotopic (exact) mass is 380 g/mol. The van der Waals surface area contributed by atoms with Crippen molar-refractivity contribution in [2.75, 3.05) is 26.2 Å². The highest BCUT2D eigenvalue weighted by Crippen LogP contribution is 2.37. The first-order chi connectivity index (χ1) is 13.7. The summed E-state index contributed by atoms with van der Waals surface area (Å²) in [6, 6.07) is 14.1. The van der Waals surface area contributed by atoms with Gasteiger partial charge in [-0.15, -0.1) is 0 Å². The molecule has 1 heterocycles. The van der Waals surface area contributed by atoms with Crippen LogP contribution in [-0.4, -0.2) is 42.1 Å². The summed E-state index contributed by atoms with van der Waals surface area (Å²) < 4.78 is 0. The van der Waals surface area contributed by atoms with Crippen molar-refractivity contribution in [3.05, 3.63) is 64.7 Å². The summed E-state index contributed by atoms with van der Waals surface area (Å²) >= 11 is 0. The minimum absolute atomic E-state index is 0.0256. The molecule has 2 aromatic carbocycles. The molecule has 4 heteroatoms. The molecule has 0 bridgehead atoms. The van der Waals surface area contributed by atoms with E-state index in [4.69, 9.17) is 0 Å². The molecule has 0 aromatic heterocycles. The summed E-state index contributed by atoms with van der Waals surface area (Å²) in [6.07, 6.45) is 4.19. The van der Waals surface area contributed by atoms with Gasteiger partial charge in [0.2, 0.25) is 0 Å². The van der Waals surface area contributed by atoms with E-state index in [1.54, 1.807) is 11.0 Å². The number of fused-ring (bicyclic) bond motifs is 1. The summed E-state index contributed by atoms with van der Waals surface area (Å²) in [5.41, 5.74) is 4.14. The van der Waals surface area contributed by atoms with Gasteiger partial charge in [-0.1, -0.05) is 30.3 Å². The van der Waals surface area contributed by atoms with Crippen molar-refractivity contribution >= 4 is 5.91 Å². The Morgan fingerprint density at radius 3 is 2.57 bits per heavy atom. The van der Waals surface area contributed by atoms with Crippen LogP contribution in [0.4, 0.5) is 0 Å². The Morgan fingerprint density at radius 1 is 1.07 bits per heavy atom. The molecule has 0 aliphatic carbocycles. The van der Waals surface area contributed by atoms with Crippen LogP contribution in [0.2, 0.25) is 0 Å². The van der Waals surface area contributed by atoms with Crippen LogP contribution < -0.4 is 5.32 Å². The van der Waals surface area contributed by atoms with Crippen molar-refractivity contribution < 1.29 is 9.90 Å².